The second kappa shape index (κ2) is 14.6. The molecule has 6 aromatic rings. The Hall–Kier alpha value is -3.72. The number of benzene rings is 6. The van der Waals surface area contributed by atoms with E-state index >= 15 is 0 Å². The first-order chi connectivity index (χ1) is 23.1. The van der Waals surface area contributed by atoms with Crippen molar-refractivity contribution in [1.82, 2.24) is 0 Å². The summed E-state index contributed by atoms with van der Waals surface area (Å²) in [5.74, 6) is 0. The molecule has 5 heteroatoms. The Labute approximate surface area is 305 Å². The van der Waals surface area contributed by atoms with E-state index in [4.69, 9.17) is 0 Å². The number of fused-ring (bicyclic) bond motifs is 3. The second-order valence-corrected chi connectivity index (χ2v) is 35.3. The van der Waals surface area contributed by atoms with E-state index in [1.54, 1.807) is 3.28 Å². The van der Waals surface area contributed by atoms with E-state index in [0.717, 1.165) is 19.5 Å². The average Bonchev–Trinajstić information content (AvgIpc) is 3.81. The van der Waals surface area contributed by atoms with Gasteiger partial charge in [-0.15, -0.1) is 24.8 Å². The van der Waals surface area contributed by atoms with Crippen LogP contribution in [0.3, 0.4) is 0 Å². The SMILES string of the molecule is Cl.Cl.[SiH2]=[Zr]([C]1=CC=CC1)([c]1ccccc1)([c]1ccccc1)[CH]1c2ccccc2-c2ccc(N(Cc3ccccc3)Cc3ccccc3)cc21. The molecule has 0 spiro atoms. The second-order valence-electron chi connectivity index (χ2n) is 13.2. The van der Waals surface area contributed by atoms with Crippen molar-refractivity contribution in [2.24, 2.45) is 0 Å². The average molecular weight is 774 g/mol. The molecule has 6 aromatic carbocycles. The minimum atomic E-state index is -4.47. The molecule has 0 radical (unpaired) electrons. The van der Waals surface area contributed by atoms with Crippen molar-refractivity contribution in [3.05, 3.63) is 208 Å². The van der Waals surface area contributed by atoms with E-state index in [0.29, 0.717) is 0 Å². The van der Waals surface area contributed by atoms with Crippen molar-refractivity contribution in [1.29, 1.82) is 0 Å². The quantitative estimate of drug-likeness (QED) is 0.132. The molecular formula is C44H41Cl2NSiZr. The van der Waals surface area contributed by atoms with Gasteiger partial charge in [0.05, 0.1) is 0 Å². The maximum atomic E-state index is 2.57. The Morgan fingerprint density at radius 1 is 0.551 bits per heavy atom. The van der Waals surface area contributed by atoms with Gasteiger partial charge in [-0.2, -0.15) is 0 Å². The topological polar surface area (TPSA) is 3.24 Å². The molecule has 0 aromatic heterocycles. The number of nitrogens with zero attached hydrogens (tertiary/aromatic N) is 1. The summed E-state index contributed by atoms with van der Waals surface area (Å²) >= 11 is -4.47. The molecule has 0 saturated heterocycles. The van der Waals surface area contributed by atoms with Gasteiger partial charge in [0.25, 0.3) is 0 Å². The van der Waals surface area contributed by atoms with Gasteiger partial charge >= 0.3 is 283 Å². The van der Waals surface area contributed by atoms with Crippen LogP contribution in [0.15, 0.2) is 185 Å². The molecule has 1 atom stereocenters. The van der Waals surface area contributed by atoms with Crippen molar-refractivity contribution in [3.8, 4) is 11.1 Å². The molecule has 0 heterocycles. The van der Waals surface area contributed by atoms with Crippen LogP contribution in [0.1, 0.15) is 32.3 Å². The molecule has 8 rings (SSSR count). The summed E-state index contributed by atoms with van der Waals surface area (Å²) in [6, 6.07) is 61.7. The standard InChI is InChI=1S/C27H22N.2C6H5.C5H5.2ClH.H2Si.Zr/c1-3-9-21(10-4-1)19-28(20-22-11-5-2-6-12-22)25-15-16-27-24(18-25)17-23-13-7-8-14-26(23)27;2*1-2-4-6-5-3-1;1-2-4-5-3-1;;;;/h1-18H,19-20H2;2*1-5H;1-3H,4H2;2*1H;1H2;. The molecule has 0 N–H and O–H groups in total. The van der Waals surface area contributed by atoms with Crippen LogP contribution < -0.4 is 11.4 Å². The molecule has 244 valence electrons. The monoisotopic (exact) mass is 771 g/mol. The van der Waals surface area contributed by atoms with Crippen LogP contribution >= 0.6 is 24.8 Å². The summed E-state index contributed by atoms with van der Waals surface area (Å²) in [7, 11) is 0. The molecular weight excluding hydrogens is 733 g/mol. The van der Waals surface area contributed by atoms with Crippen molar-refractivity contribution in [3.63, 3.8) is 0 Å². The summed E-state index contributed by atoms with van der Waals surface area (Å²) in [6.07, 6.45) is 8.19. The molecule has 0 aliphatic heterocycles. The Balaban J connectivity index is 0.00000208. The van der Waals surface area contributed by atoms with Crippen molar-refractivity contribution < 1.29 is 17.4 Å². The maximum absolute atomic E-state index is 4.47. The Morgan fingerprint density at radius 3 is 1.57 bits per heavy atom. The van der Waals surface area contributed by atoms with E-state index in [1.165, 1.54) is 45.6 Å². The van der Waals surface area contributed by atoms with Crippen LogP contribution in [-0.4, -0.2) is 6.88 Å². The fraction of sp³-hybridized carbons (Fsp3) is 0.0909. The zero-order valence-electron chi connectivity index (χ0n) is 27.5. The fourth-order valence-electron chi connectivity index (χ4n) is 8.49. The Bertz CT molecular complexity index is 2100. The Kier molecular flexibility index (Phi) is 10.5. The fourth-order valence-corrected chi connectivity index (χ4v) is 32.5. The first-order valence-electron chi connectivity index (χ1n) is 16.7. The van der Waals surface area contributed by atoms with Gasteiger partial charge in [-0.3, -0.25) is 0 Å². The molecule has 1 nitrogen and oxygen atoms in total. The number of rotatable bonds is 9. The summed E-state index contributed by atoms with van der Waals surface area (Å²) in [5, 5.41) is 0. The zero-order valence-corrected chi connectivity index (χ0v) is 33.0. The molecule has 0 fully saturated rings. The van der Waals surface area contributed by atoms with Gasteiger partial charge in [0.1, 0.15) is 0 Å². The third kappa shape index (κ3) is 5.96. The van der Waals surface area contributed by atoms with Crippen LogP contribution in [0.25, 0.3) is 11.1 Å². The van der Waals surface area contributed by atoms with E-state index in [9.17, 15) is 0 Å². The normalized spacial score (nSPS) is 14.6. The molecule has 1 unspecified atom stereocenters. The van der Waals surface area contributed by atoms with Crippen LogP contribution in [0.2, 0.25) is 0 Å². The van der Waals surface area contributed by atoms with E-state index in [2.05, 4.69) is 194 Å². The van der Waals surface area contributed by atoms with Gasteiger partial charge in [0.15, 0.2) is 0 Å². The third-order valence-corrected chi connectivity index (χ3v) is 37.9. The molecule has 0 amide bonds. The number of halogens is 2. The summed E-state index contributed by atoms with van der Waals surface area (Å²) in [4.78, 5) is 2.56. The predicted molar refractivity (Wildman–Crippen MR) is 214 cm³/mol. The molecule has 0 bridgehead atoms. The van der Waals surface area contributed by atoms with E-state index in [-0.39, 0.29) is 28.4 Å². The third-order valence-electron chi connectivity index (χ3n) is 10.7. The van der Waals surface area contributed by atoms with Crippen molar-refractivity contribution in [2.75, 3.05) is 4.90 Å². The van der Waals surface area contributed by atoms with Crippen LogP contribution in [0, 0.1) is 0 Å². The van der Waals surface area contributed by atoms with Crippen LogP contribution in [0.5, 0.6) is 0 Å². The summed E-state index contributed by atoms with van der Waals surface area (Å²) < 4.78 is 4.99. The molecule has 2 aliphatic rings. The van der Waals surface area contributed by atoms with Gasteiger partial charge in [-0.1, -0.05) is 0 Å². The minimum absolute atomic E-state index is 0. The van der Waals surface area contributed by atoms with Crippen molar-refractivity contribution in [2.45, 2.75) is 23.1 Å². The van der Waals surface area contributed by atoms with Gasteiger partial charge in [0, 0.05) is 0 Å². The van der Waals surface area contributed by atoms with E-state index in [1.807, 2.05) is 0 Å². The number of hydrogen-bond acceptors (Lipinski definition) is 1. The molecule has 49 heavy (non-hydrogen) atoms. The first kappa shape index (κ1) is 35.1. The van der Waals surface area contributed by atoms with Gasteiger partial charge in [-0.25, -0.2) is 0 Å². The Morgan fingerprint density at radius 2 is 1.04 bits per heavy atom. The van der Waals surface area contributed by atoms with Gasteiger partial charge in [0.2, 0.25) is 0 Å². The van der Waals surface area contributed by atoms with E-state index < -0.39 is 17.4 Å². The van der Waals surface area contributed by atoms with Crippen LogP contribution in [-0.2, 0) is 30.5 Å². The summed E-state index contributed by atoms with van der Waals surface area (Å²) in [6.45, 7) is 4.11. The molecule has 0 saturated carbocycles. The zero-order chi connectivity index (χ0) is 31.7. The van der Waals surface area contributed by atoms with Crippen molar-refractivity contribution >= 4 is 43.9 Å². The first-order valence-corrected chi connectivity index (χ1v) is 27.7. The number of anilines is 1. The number of allylic oxidation sites excluding steroid dienone is 4. The predicted octanol–water partition coefficient (Wildman–Crippen LogP) is 9.54. The van der Waals surface area contributed by atoms with Gasteiger partial charge < -0.3 is 0 Å². The van der Waals surface area contributed by atoms with Crippen LogP contribution in [0.4, 0.5) is 5.69 Å². The summed E-state index contributed by atoms with van der Waals surface area (Å²) in [5.41, 5.74) is 9.67. The van der Waals surface area contributed by atoms with Gasteiger partial charge in [-0.05, 0) is 0 Å². The number of hydrogen-bond donors (Lipinski definition) is 0. The molecule has 2 aliphatic carbocycles.